The molecule has 0 radical (unpaired) electrons. The van der Waals surface area contributed by atoms with Crippen LogP contribution in [0.3, 0.4) is 0 Å². The molecule has 0 aromatic carbocycles. The van der Waals surface area contributed by atoms with E-state index in [1.54, 1.807) is 0 Å². The fraction of sp³-hybridized carbons (Fsp3) is 0.733. The third-order valence-corrected chi connectivity index (χ3v) is 3.77. The monoisotopic (exact) mass is 392 g/mol. The maximum atomic E-state index is 12.4. The predicted octanol–water partition coefficient (Wildman–Crippen LogP) is -2.16. The number of thiol groups is 1. The number of carboxylic acid groups (broad SMARTS) is 1. The molecule has 10 nitrogen and oxygen atoms in total. The molecule has 11 heteroatoms. The summed E-state index contributed by atoms with van der Waals surface area (Å²) in [4.78, 5) is 47.1. The second-order valence-electron chi connectivity index (χ2n) is 6.26. The van der Waals surface area contributed by atoms with Gasteiger partial charge in [0.25, 0.3) is 0 Å². The number of carboxylic acids is 1. The molecular weight excluding hydrogens is 364 g/mol. The van der Waals surface area contributed by atoms with E-state index >= 15 is 0 Å². The Hall–Kier alpha value is -1.85. The van der Waals surface area contributed by atoms with Gasteiger partial charge >= 0.3 is 5.97 Å². The van der Waals surface area contributed by atoms with Crippen molar-refractivity contribution < 1.29 is 29.4 Å². The molecule has 0 aliphatic heterocycles. The molecule has 0 heterocycles. The Labute approximate surface area is 157 Å². The summed E-state index contributed by atoms with van der Waals surface area (Å²) in [6.07, 6.45) is -1.01. The van der Waals surface area contributed by atoms with Gasteiger partial charge in [-0.2, -0.15) is 12.6 Å². The molecule has 26 heavy (non-hydrogen) atoms. The van der Waals surface area contributed by atoms with Crippen LogP contribution in [-0.4, -0.2) is 70.4 Å². The summed E-state index contributed by atoms with van der Waals surface area (Å²) < 4.78 is 0. The van der Waals surface area contributed by atoms with Gasteiger partial charge in [0.2, 0.25) is 17.7 Å². The van der Waals surface area contributed by atoms with Crippen LogP contribution >= 0.6 is 12.6 Å². The lowest BCUT2D eigenvalue weighted by molar-refractivity contribution is -0.145. The van der Waals surface area contributed by atoms with Gasteiger partial charge in [0.1, 0.15) is 12.1 Å². The summed E-state index contributed by atoms with van der Waals surface area (Å²) in [5, 5.41) is 25.5. The highest BCUT2D eigenvalue weighted by molar-refractivity contribution is 7.80. The fourth-order valence-corrected chi connectivity index (χ4v) is 2.32. The van der Waals surface area contributed by atoms with E-state index in [0.29, 0.717) is 6.42 Å². The molecule has 0 aromatic heterocycles. The Morgan fingerprint density at radius 2 is 1.54 bits per heavy atom. The average molecular weight is 392 g/mol. The summed E-state index contributed by atoms with van der Waals surface area (Å²) in [5.41, 5.74) is 5.24. The summed E-state index contributed by atoms with van der Waals surface area (Å²) >= 11 is 3.99. The number of amides is 3. The standard InChI is InChI=1S/C15H28N4O6S/c1-7(2)4-9(17-11(21)5-16)13(22)18-10(6-26)14(23)19-12(8(3)20)15(24)25/h7-10,12,20,26H,4-6,16H2,1-3H3,(H,17,21)(H,18,22)(H,19,23)(H,24,25). The van der Waals surface area contributed by atoms with E-state index in [1.165, 1.54) is 6.92 Å². The van der Waals surface area contributed by atoms with E-state index in [4.69, 9.17) is 10.8 Å². The van der Waals surface area contributed by atoms with Crippen molar-refractivity contribution in [2.75, 3.05) is 12.3 Å². The van der Waals surface area contributed by atoms with Crippen LogP contribution in [0, 0.1) is 5.92 Å². The van der Waals surface area contributed by atoms with Crippen LogP contribution in [0.2, 0.25) is 0 Å². The Bertz CT molecular complexity index is 514. The number of aliphatic carboxylic acids is 1. The quantitative estimate of drug-likeness (QED) is 0.196. The van der Waals surface area contributed by atoms with Crippen LogP contribution in [0.5, 0.6) is 0 Å². The molecule has 4 unspecified atom stereocenters. The second kappa shape index (κ2) is 11.7. The molecule has 0 bridgehead atoms. The summed E-state index contributed by atoms with van der Waals surface area (Å²) in [6.45, 7) is 4.65. The average Bonchev–Trinajstić information content (AvgIpc) is 2.55. The number of nitrogens with two attached hydrogens (primary N) is 1. The van der Waals surface area contributed by atoms with Gasteiger partial charge < -0.3 is 31.9 Å². The number of carbonyl (C=O) groups is 4. The zero-order valence-corrected chi connectivity index (χ0v) is 16.0. The lowest BCUT2D eigenvalue weighted by Gasteiger charge is -2.25. The van der Waals surface area contributed by atoms with Gasteiger partial charge in [-0.25, -0.2) is 4.79 Å². The van der Waals surface area contributed by atoms with Crippen molar-refractivity contribution in [3.63, 3.8) is 0 Å². The minimum Gasteiger partial charge on any atom is -0.480 e. The normalized spacial score (nSPS) is 15.5. The van der Waals surface area contributed by atoms with Crippen LogP contribution in [-0.2, 0) is 19.2 Å². The summed E-state index contributed by atoms with van der Waals surface area (Å²) in [7, 11) is 0. The molecule has 0 saturated carbocycles. The number of aliphatic hydroxyl groups excluding tert-OH is 1. The van der Waals surface area contributed by atoms with Gasteiger partial charge in [0.05, 0.1) is 12.6 Å². The lowest BCUT2D eigenvalue weighted by atomic mass is 10.0. The number of hydrogen-bond donors (Lipinski definition) is 7. The first-order valence-corrected chi connectivity index (χ1v) is 8.78. The first kappa shape index (κ1) is 24.1. The van der Waals surface area contributed by atoms with E-state index in [-0.39, 0.29) is 18.2 Å². The van der Waals surface area contributed by atoms with Gasteiger partial charge in [-0.05, 0) is 19.3 Å². The van der Waals surface area contributed by atoms with E-state index in [2.05, 4.69) is 28.6 Å². The second-order valence-corrected chi connectivity index (χ2v) is 6.63. The molecule has 150 valence electrons. The minimum absolute atomic E-state index is 0.0822. The first-order valence-electron chi connectivity index (χ1n) is 8.15. The van der Waals surface area contributed by atoms with Crippen molar-refractivity contribution in [1.82, 2.24) is 16.0 Å². The van der Waals surface area contributed by atoms with Crippen LogP contribution in [0.4, 0.5) is 0 Å². The molecule has 7 N–H and O–H groups in total. The molecule has 0 saturated heterocycles. The third-order valence-electron chi connectivity index (χ3n) is 3.41. The number of rotatable bonds is 11. The predicted molar refractivity (Wildman–Crippen MR) is 97.5 cm³/mol. The maximum absolute atomic E-state index is 12.4. The van der Waals surface area contributed by atoms with Crippen LogP contribution in [0.1, 0.15) is 27.2 Å². The molecule has 0 rings (SSSR count). The number of carbonyl (C=O) groups excluding carboxylic acids is 3. The molecule has 0 spiro atoms. The van der Waals surface area contributed by atoms with Gasteiger partial charge in [-0.3, -0.25) is 14.4 Å². The van der Waals surface area contributed by atoms with E-state index < -0.39 is 47.9 Å². The number of nitrogens with one attached hydrogen (secondary N) is 3. The van der Waals surface area contributed by atoms with Crippen LogP contribution < -0.4 is 21.7 Å². The molecular formula is C15H28N4O6S. The van der Waals surface area contributed by atoms with Crippen LogP contribution in [0.25, 0.3) is 0 Å². The van der Waals surface area contributed by atoms with Crippen molar-refractivity contribution in [3.05, 3.63) is 0 Å². The Morgan fingerprint density at radius 3 is 1.92 bits per heavy atom. The van der Waals surface area contributed by atoms with Crippen molar-refractivity contribution >= 4 is 36.3 Å². The summed E-state index contributed by atoms with van der Waals surface area (Å²) in [6, 6.07) is -3.56. The molecule has 0 aliphatic carbocycles. The summed E-state index contributed by atoms with van der Waals surface area (Å²) in [5.74, 6) is -3.38. The fourth-order valence-electron chi connectivity index (χ4n) is 2.07. The molecule has 3 amide bonds. The van der Waals surface area contributed by atoms with Crippen LogP contribution in [0.15, 0.2) is 0 Å². The highest BCUT2D eigenvalue weighted by atomic mass is 32.1. The molecule has 0 aliphatic rings. The third kappa shape index (κ3) is 8.50. The highest BCUT2D eigenvalue weighted by Crippen LogP contribution is 2.06. The van der Waals surface area contributed by atoms with Gasteiger partial charge in [-0.15, -0.1) is 0 Å². The topological polar surface area (TPSA) is 171 Å². The smallest absolute Gasteiger partial charge is 0.328 e. The highest BCUT2D eigenvalue weighted by Gasteiger charge is 2.30. The van der Waals surface area contributed by atoms with Gasteiger partial charge in [0, 0.05) is 5.75 Å². The minimum atomic E-state index is -1.52. The Kier molecular flexibility index (Phi) is 10.9. The SMILES string of the molecule is CC(C)CC(NC(=O)CN)C(=O)NC(CS)C(=O)NC(C(=O)O)C(C)O. The van der Waals surface area contributed by atoms with Crippen molar-refractivity contribution in [2.45, 2.75) is 51.4 Å². The van der Waals surface area contributed by atoms with E-state index in [0.717, 1.165) is 0 Å². The Balaban J connectivity index is 5.07. The van der Waals surface area contributed by atoms with E-state index in [1.807, 2.05) is 13.8 Å². The Morgan fingerprint density at radius 1 is 1.00 bits per heavy atom. The zero-order chi connectivity index (χ0) is 20.4. The van der Waals surface area contributed by atoms with Crippen molar-refractivity contribution in [1.29, 1.82) is 0 Å². The van der Waals surface area contributed by atoms with Crippen molar-refractivity contribution in [2.24, 2.45) is 11.7 Å². The first-order chi connectivity index (χ1) is 12.0. The van der Waals surface area contributed by atoms with E-state index in [9.17, 15) is 24.3 Å². The number of aliphatic hydroxyl groups is 1. The zero-order valence-electron chi connectivity index (χ0n) is 15.1. The lowest BCUT2D eigenvalue weighted by Crippen LogP contribution is -2.58. The van der Waals surface area contributed by atoms with Crippen molar-refractivity contribution in [3.8, 4) is 0 Å². The largest absolute Gasteiger partial charge is 0.480 e. The van der Waals surface area contributed by atoms with Gasteiger partial charge in [-0.1, -0.05) is 13.8 Å². The van der Waals surface area contributed by atoms with Gasteiger partial charge in [0.15, 0.2) is 6.04 Å². The molecule has 4 atom stereocenters. The number of hydrogen-bond acceptors (Lipinski definition) is 7. The molecule has 0 aromatic rings. The molecule has 0 fully saturated rings. The maximum Gasteiger partial charge on any atom is 0.328 e.